The molecular weight excluding hydrogens is 256 g/mol. The second kappa shape index (κ2) is 6.80. The zero-order valence-electron chi connectivity index (χ0n) is 10.2. The highest BCUT2D eigenvalue weighted by Crippen LogP contribution is 2.19. The van der Waals surface area contributed by atoms with Crippen LogP contribution in [0.15, 0.2) is 12.3 Å². The average molecular weight is 271 g/mol. The van der Waals surface area contributed by atoms with E-state index in [2.05, 4.69) is 20.9 Å². The zero-order valence-corrected chi connectivity index (χ0v) is 11.0. The molecule has 6 nitrogen and oxygen atoms in total. The third kappa shape index (κ3) is 3.89. The first-order valence-electron chi connectivity index (χ1n) is 5.46. The first-order valence-corrected chi connectivity index (χ1v) is 5.84. The molecule has 7 heteroatoms. The number of likely N-dealkylation sites (N-methyl/N-ethyl adjacent to an activating group) is 1. The van der Waals surface area contributed by atoms with Crippen LogP contribution in [0.3, 0.4) is 0 Å². The van der Waals surface area contributed by atoms with Gasteiger partial charge in [0.25, 0.3) is 5.91 Å². The normalized spacial score (nSPS) is 9.72. The van der Waals surface area contributed by atoms with Gasteiger partial charge in [-0.25, -0.2) is 4.98 Å². The number of carbonyl (C=O) groups excluding carboxylic acids is 2. The molecule has 3 N–H and O–H groups in total. The molecule has 0 aromatic carbocycles. The van der Waals surface area contributed by atoms with Crippen molar-refractivity contribution in [2.24, 2.45) is 0 Å². The molecule has 1 aromatic rings. The summed E-state index contributed by atoms with van der Waals surface area (Å²) >= 11 is 5.96. The Kier molecular flexibility index (Phi) is 5.38. The fourth-order valence-corrected chi connectivity index (χ4v) is 1.44. The van der Waals surface area contributed by atoms with E-state index in [0.717, 1.165) is 0 Å². The van der Waals surface area contributed by atoms with Gasteiger partial charge in [-0.3, -0.25) is 9.59 Å². The molecule has 0 spiro atoms. The molecule has 1 aromatic heterocycles. The maximum atomic E-state index is 11.7. The Labute approximate surface area is 110 Å². The lowest BCUT2D eigenvalue weighted by atomic mass is 10.2. The summed E-state index contributed by atoms with van der Waals surface area (Å²) < 4.78 is 0. The van der Waals surface area contributed by atoms with Gasteiger partial charge in [0.2, 0.25) is 5.91 Å². The van der Waals surface area contributed by atoms with Crippen molar-refractivity contribution in [2.45, 2.75) is 6.92 Å². The highest BCUT2D eigenvalue weighted by atomic mass is 35.5. The molecule has 98 valence electrons. The first kappa shape index (κ1) is 14.2. The quantitative estimate of drug-likeness (QED) is 0.733. The van der Waals surface area contributed by atoms with E-state index < -0.39 is 5.91 Å². The Hall–Kier alpha value is -1.82. The highest BCUT2D eigenvalue weighted by Gasteiger charge is 2.10. The standard InChI is InChI=1S/C11H15ClN4O2/c1-3-14-10-8(12)4-7(5-15-10)11(18)16-6-9(17)13-2/h4-5H,3,6H2,1-2H3,(H,13,17)(H,14,15)(H,16,18). The molecule has 18 heavy (non-hydrogen) atoms. The summed E-state index contributed by atoms with van der Waals surface area (Å²) in [6.07, 6.45) is 1.41. The van der Waals surface area contributed by atoms with Crippen LogP contribution >= 0.6 is 11.6 Å². The Morgan fingerprint density at radius 2 is 2.17 bits per heavy atom. The van der Waals surface area contributed by atoms with Crippen molar-refractivity contribution in [3.8, 4) is 0 Å². The number of hydrogen-bond donors (Lipinski definition) is 3. The number of nitrogens with one attached hydrogen (secondary N) is 3. The van der Waals surface area contributed by atoms with Crippen LogP contribution in [0.25, 0.3) is 0 Å². The number of rotatable bonds is 5. The summed E-state index contributed by atoms with van der Waals surface area (Å²) in [5.74, 6) is -0.134. The molecule has 1 heterocycles. The van der Waals surface area contributed by atoms with Gasteiger partial charge in [-0.2, -0.15) is 0 Å². The van der Waals surface area contributed by atoms with Crippen LogP contribution in [0.1, 0.15) is 17.3 Å². The molecule has 0 bridgehead atoms. The smallest absolute Gasteiger partial charge is 0.253 e. The number of amides is 2. The van der Waals surface area contributed by atoms with E-state index in [1.807, 2.05) is 6.92 Å². The summed E-state index contributed by atoms with van der Waals surface area (Å²) in [7, 11) is 1.50. The molecule has 0 fully saturated rings. The minimum Gasteiger partial charge on any atom is -0.369 e. The molecule has 2 amide bonds. The van der Waals surface area contributed by atoms with Crippen molar-refractivity contribution in [1.82, 2.24) is 15.6 Å². The number of nitrogens with zero attached hydrogens (tertiary/aromatic N) is 1. The van der Waals surface area contributed by atoms with E-state index in [1.165, 1.54) is 19.3 Å². The predicted octanol–water partition coefficient (Wildman–Crippen LogP) is 0.643. The van der Waals surface area contributed by atoms with E-state index >= 15 is 0 Å². The minimum absolute atomic E-state index is 0.0814. The maximum absolute atomic E-state index is 11.7. The second-order valence-corrected chi connectivity index (χ2v) is 3.85. The van der Waals surface area contributed by atoms with E-state index in [9.17, 15) is 9.59 Å². The second-order valence-electron chi connectivity index (χ2n) is 3.44. The minimum atomic E-state index is -0.393. The van der Waals surface area contributed by atoms with Crippen LogP contribution in [0, 0.1) is 0 Å². The van der Waals surface area contributed by atoms with Gasteiger partial charge in [-0.15, -0.1) is 0 Å². The summed E-state index contributed by atoms with van der Waals surface area (Å²) in [5.41, 5.74) is 0.311. The van der Waals surface area contributed by atoms with Crippen molar-refractivity contribution in [3.63, 3.8) is 0 Å². The molecule has 1 rings (SSSR count). The Balaban J connectivity index is 2.69. The van der Waals surface area contributed by atoms with Gasteiger partial charge in [0.1, 0.15) is 5.82 Å². The van der Waals surface area contributed by atoms with E-state index in [-0.39, 0.29) is 12.5 Å². The van der Waals surface area contributed by atoms with Crippen molar-refractivity contribution in [1.29, 1.82) is 0 Å². The maximum Gasteiger partial charge on any atom is 0.253 e. The number of aromatic nitrogens is 1. The Morgan fingerprint density at radius 3 is 2.72 bits per heavy atom. The summed E-state index contributed by atoms with van der Waals surface area (Å²) in [6.45, 7) is 2.53. The number of pyridine rings is 1. The molecule has 0 atom stereocenters. The molecule has 0 saturated heterocycles. The fourth-order valence-electron chi connectivity index (χ4n) is 1.21. The first-order chi connectivity index (χ1) is 8.58. The van der Waals surface area contributed by atoms with Crippen molar-refractivity contribution < 1.29 is 9.59 Å². The SMILES string of the molecule is CCNc1ncc(C(=O)NCC(=O)NC)cc1Cl. The molecule has 0 aliphatic heterocycles. The molecular formula is C11H15ClN4O2. The van der Waals surface area contributed by atoms with Gasteiger partial charge in [0.15, 0.2) is 0 Å². The van der Waals surface area contributed by atoms with E-state index in [0.29, 0.717) is 22.9 Å². The number of hydrogen-bond acceptors (Lipinski definition) is 4. The fraction of sp³-hybridized carbons (Fsp3) is 0.364. The van der Waals surface area contributed by atoms with Crippen molar-refractivity contribution in [2.75, 3.05) is 25.5 Å². The Morgan fingerprint density at radius 1 is 1.44 bits per heavy atom. The Bertz CT molecular complexity index is 451. The van der Waals surface area contributed by atoms with Gasteiger partial charge in [0, 0.05) is 19.8 Å². The largest absolute Gasteiger partial charge is 0.369 e. The lowest BCUT2D eigenvalue weighted by molar-refractivity contribution is -0.119. The van der Waals surface area contributed by atoms with Gasteiger partial charge < -0.3 is 16.0 Å². The highest BCUT2D eigenvalue weighted by molar-refractivity contribution is 6.33. The van der Waals surface area contributed by atoms with Gasteiger partial charge in [-0.1, -0.05) is 11.6 Å². The van der Waals surface area contributed by atoms with Crippen LogP contribution in [-0.4, -0.2) is 36.9 Å². The average Bonchev–Trinajstić information content (AvgIpc) is 2.38. The topological polar surface area (TPSA) is 83.1 Å². The summed E-state index contributed by atoms with van der Waals surface area (Å²) in [6, 6.07) is 1.51. The molecule has 0 unspecified atom stereocenters. The van der Waals surface area contributed by atoms with Crippen LogP contribution < -0.4 is 16.0 Å². The van der Waals surface area contributed by atoms with Crippen LogP contribution in [0.4, 0.5) is 5.82 Å². The van der Waals surface area contributed by atoms with Gasteiger partial charge in [-0.05, 0) is 13.0 Å². The summed E-state index contributed by atoms with van der Waals surface area (Å²) in [4.78, 5) is 26.7. The lowest BCUT2D eigenvalue weighted by Crippen LogP contribution is -2.35. The molecule has 0 radical (unpaired) electrons. The van der Waals surface area contributed by atoms with Gasteiger partial charge in [0.05, 0.1) is 17.1 Å². The van der Waals surface area contributed by atoms with Crippen LogP contribution in [-0.2, 0) is 4.79 Å². The lowest BCUT2D eigenvalue weighted by Gasteiger charge is -2.07. The van der Waals surface area contributed by atoms with Gasteiger partial charge >= 0.3 is 0 Å². The molecule has 0 saturated carbocycles. The third-order valence-corrected chi connectivity index (χ3v) is 2.42. The molecule has 0 aliphatic rings. The third-order valence-electron chi connectivity index (χ3n) is 2.14. The van der Waals surface area contributed by atoms with Crippen molar-refractivity contribution >= 4 is 29.2 Å². The molecule has 0 aliphatic carbocycles. The predicted molar refractivity (Wildman–Crippen MR) is 69.8 cm³/mol. The van der Waals surface area contributed by atoms with Crippen LogP contribution in [0.5, 0.6) is 0 Å². The number of halogens is 1. The van der Waals surface area contributed by atoms with Crippen LogP contribution in [0.2, 0.25) is 5.02 Å². The number of anilines is 1. The summed E-state index contributed by atoms with van der Waals surface area (Å²) in [5, 5.41) is 8.19. The number of carbonyl (C=O) groups is 2. The van der Waals surface area contributed by atoms with E-state index in [4.69, 9.17) is 11.6 Å². The monoisotopic (exact) mass is 270 g/mol. The zero-order chi connectivity index (χ0) is 13.5. The van der Waals surface area contributed by atoms with Crippen molar-refractivity contribution in [3.05, 3.63) is 22.8 Å². The van der Waals surface area contributed by atoms with E-state index in [1.54, 1.807) is 0 Å².